The van der Waals surface area contributed by atoms with Crippen LogP contribution in [0, 0.1) is 0 Å². The van der Waals surface area contributed by atoms with Crippen LogP contribution in [0.2, 0.25) is 5.02 Å². The quantitative estimate of drug-likeness (QED) is 0.500. The molecule has 0 aliphatic carbocycles. The maximum atomic E-state index is 10.9. The van der Waals surface area contributed by atoms with Crippen LogP contribution in [0.15, 0.2) is 29.4 Å². The number of esters is 1. The summed E-state index contributed by atoms with van der Waals surface area (Å²) in [7, 11) is 1.35. The molecule has 0 atom stereocenters. The topological polar surface area (TPSA) is 50.7 Å². The highest BCUT2D eigenvalue weighted by Gasteiger charge is 2.02. The van der Waals surface area contributed by atoms with E-state index in [2.05, 4.69) is 15.3 Å². The molecule has 0 amide bonds. The van der Waals surface area contributed by atoms with Gasteiger partial charge in [-0.25, -0.2) is 0 Å². The fraction of sp³-hybridized carbons (Fsp3) is 0.273. The number of carbonyl (C=O) groups is 1. The van der Waals surface area contributed by atoms with Gasteiger partial charge in [-0.2, -0.15) is 5.10 Å². The minimum atomic E-state index is -0.306. The van der Waals surface area contributed by atoms with E-state index in [1.807, 2.05) is 0 Å². The maximum absolute atomic E-state index is 10.9. The Bertz CT molecular complexity index is 387. The fourth-order valence-corrected chi connectivity index (χ4v) is 1.13. The molecule has 0 aliphatic rings. The van der Waals surface area contributed by atoms with E-state index >= 15 is 0 Å². The first-order chi connectivity index (χ1) is 7.61. The Labute approximate surface area is 99.2 Å². The lowest BCUT2D eigenvalue weighted by Gasteiger charge is -2.02. The number of ether oxygens (including phenoxy) is 1. The molecular weight excluding hydrogens is 228 g/mol. The second kappa shape index (κ2) is 6.12. The predicted octanol–water partition coefficient (Wildman–Crippen LogP) is 2.69. The molecule has 0 aromatic heterocycles. The van der Waals surface area contributed by atoms with Crippen molar-refractivity contribution in [3.05, 3.63) is 29.3 Å². The van der Waals surface area contributed by atoms with E-state index in [1.54, 1.807) is 31.2 Å². The molecule has 0 saturated heterocycles. The highest BCUT2D eigenvalue weighted by molar-refractivity contribution is 6.30. The summed E-state index contributed by atoms with van der Waals surface area (Å²) in [6, 6.07) is 7.12. The summed E-state index contributed by atoms with van der Waals surface area (Å²) in [6.45, 7) is 1.75. The third-order valence-electron chi connectivity index (χ3n) is 1.85. The first kappa shape index (κ1) is 12.5. The molecule has 0 heterocycles. The molecule has 0 fully saturated rings. The fourth-order valence-electron chi connectivity index (χ4n) is 1.00. The molecule has 1 N–H and O–H groups in total. The average molecular weight is 241 g/mol. The van der Waals surface area contributed by atoms with E-state index in [0.717, 1.165) is 5.69 Å². The van der Waals surface area contributed by atoms with E-state index in [1.165, 1.54) is 7.11 Å². The summed E-state index contributed by atoms with van der Waals surface area (Å²) >= 11 is 5.74. The van der Waals surface area contributed by atoms with Crippen molar-refractivity contribution in [1.29, 1.82) is 0 Å². The Balaban J connectivity index is 2.52. The van der Waals surface area contributed by atoms with Gasteiger partial charge in [0.2, 0.25) is 0 Å². The smallest absolute Gasteiger partial charge is 0.311 e. The van der Waals surface area contributed by atoms with Gasteiger partial charge in [-0.05, 0) is 31.2 Å². The van der Waals surface area contributed by atoms with Crippen molar-refractivity contribution in [1.82, 2.24) is 0 Å². The van der Waals surface area contributed by atoms with Gasteiger partial charge in [0.1, 0.15) is 0 Å². The van der Waals surface area contributed by atoms with Crippen LogP contribution in [0.4, 0.5) is 5.69 Å². The normalized spacial score (nSPS) is 11.1. The number of hydrogen-bond donors (Lipinski definition) is 1. The number of nitrogens with zero attached hydrogens (tertiary/aromatic N) is 1. The molecular formula is C11H13ClN2O2. The second-order valence-corrected chi connectivity index (χ2v) is 3.66. The number of halogens is 1. The Morgan fingerprint density at radius 3 is 2.62 bits per heavy atom. The van der Waals surface area contributed by atoms with Gasteiger partial charge in [0.15, 0.2) is 0 Å². The van der Waals surface area contributed by atoms with Crippen molar-refractivity contribution in [3.63, 3.8) is 0 Å². The van der Waals surface area contributed by atoms with E-state index in [4.69, 9.17) is 11.6 Å². The summed E-state index contributed by atoms with van der Waals surface area (Å²) in [5.74, 6) is -0.306. The van der Waals surface area contributed by atoms with Crippen LogP contribution < -0.4 is 5.43 Å². The van der Waals surface area contributed by atoms with Crippen molar-refractivity contribution < 1.29 is 9.53 Å². The Morgan fingerprint density at radius 1 is 1.44 bits per heavy atom. The zero-order valence-corrected chi connectivity index (χ0v) is 9.91. The molecule has 0 bridgehead atoms. The summed E-state index contributed by atoms with van der Waals surface area (Å²) in [6.07, 6.45) is 0.178. The highest BCUT2D eigenvalue weighted by atomic mass is 35.5. The molecule has 16 heavy (non-hydrogen) atoms. The zero-order chi connectivity index (χ0) is 12.0. The minimum Gasteiger partial charge on any atom is -0.469 e. The summed E-state index contributed by atoms with van der Waals surface area (Å²) in [5, 5.41) is 4.70. The van der Waals surface area contributed by atoms with Crippen LogP contribution in [-0.4, -0.2) is 18.8 Å². The summed E-state index contributed by atoms with van der Waals surface area (Å²) in [5.41, 5.74) is 4.29. The van der Waals surface area contributed by atoms with Crippen molar-refractivity contribution in [2.45, 2.75) is 13.3 Å². The lowest BCUT2D eigenvalue weighted by molar-refractivity contribution is -0.139. The molecule has 86 valence electrons. The van der Waals surface area contributed by atoms with Gasteiger partial charge in [-0.15, -0.1) is 0 Å². The molecule has 1 aromatic rings. The Hall–Kier alpha value is -1.55. The minimum absolute atomic E-state index is 0.178. The van der Waals surface area contributed by atoms with E-state index in [-0.39, 0.29) is 12.4 Å². The second-order valence-electron chi connectivity index (χ2n) is 3.22. The lowest BCUT2D eigenvalue weighted by atomic mass is 10.3. The molecule has 0 radical (unpaired) electrons. The number of hydrogen-bond acceptors (Lipinski definition) is 4. The number of rotatable bonds is 4. The average Bonchev–Trinajstić information content (AvgIpc) is 2.28. The zero-order valence-electron chi connectivity index (χ0n) is 9.16. The third kappa shape index (κ3) is 4.31. The van der Waals surface area contributed by atoms with Gasteiger partial charge in [-0.1, -0.05) is 11.6 Å². The molecule has 0 spiro atoms. The number of hydrazone groups is 1. The van der Waals surface area contributed by atoms with Gasteiger partial charge in [0.05, 0.1) is 19.2 Å². The Morgan fingerprint density at radius 2 is 2.06 bits per heavy atom. The molecule has 5 heteroatoms. The van der Waals surface area contributed by atoms with Crippen molar-refractivity contribution in [2.75, 3.05) is 12.5 Å². The predicted molar refractivity (Wildman–Crippen MR) is 64.8 cm³/mol. The van der Waals surface area contributed by atoms with E-state index in [9.17, 15) is 4.79 Å². The number of carbonyl (C=O) groups excluding carboxylic acids is 1. The third-order valence-corrected chi connectivity index (χ3v) is 2.10. The van der Waals surface area contributed by atoms with Crippen molar-refractivity contribution >= 4 is 29.0 Å². The van der Waals surface area contributed by atoms with Gasteiger partial charge >= 0.3 is 5.97 Å². The van der Waals surface area contributed by atoms with Crippen LogP contribution in [0.5, 0.6) is 0 Å². The Kier molecular flexibility index (Phi) is 4.79. The first-order valence-corrected chi connectivity index (χ1v) is 5.11. The van der Waals surface area contributed by atoms with Crippen LogP contribution in [-0.2, 0) is 9.53 Å². The number of benzene rings is 1. The standard InChI is InChI=1S/C11H13ClN2O2/c1-8(7-11(15)16-2)13-14-10-5-3-9(12)4-6-10/h3-6,14H,7H2,1-2H3. The van der Waals surface area contributed by atoms with Gasteiger partial charge in [-0.3, -0.25) is 10.2 Å². The number of anilines is 1. The number of methoxy groups -OCH3 is 1. The molecule has 1 aromatic carbocycles. The number of nitrogens with one attached hydrogen (secondary N) is 1. The van der Waals surface area contributed by atoms with Crippen LogP contribution >= 0.6 is 11.6 Å². The van der Waals surface area contributed by atoms with Crippen LogP contribution in [0.3, 0.4) is 0 Å². The van der Waals surface area contributed by atoms with Crippen LogP contribution in [0.25, 0.3) is 0 Å². The van der Waals surface area contributed by atoms with Gasteiger partial charge in [0.25, 0.3) is 0 Å². The SMILES string of the molecule is COC(=O)CC(C)=NNc1ccc(Cl)cc1. The van der Waals surface area contributed by atoms with Crippen molar-refractivity contribution in [2.24, 2.45) is 5.10 Å². The van der Waals surface area contributed by atoms with E-state index in [0.29, 0.717) is 10.7 Å². The van der Waals surface area contributed by atoms with Crippen LogP contribution in [0.1, 0.15) is 13.3 Å². The molecule has 1 rings (SSSR count). The summed E-state index contributed by atoms with van der Waals surface area (Å²) < 4.78 is 4.52. The van der Waals surface area contributed by atoms with Crippen molar-refractivity contribution in [3.8, 4) is 0 Å². The van der Waals surface area contributed by atoms with Gasteiger partial charge < -0.3 is 4.74 Å². The molecule has 0 saturated carbocycles. The first-order valence-electron chi connectivity index (χ1n) is 4.73. The van der Waals surface area contributed by atoms with E-state index < -0.39 is 0 Å². The largest absolute Gasteiger partial charge is 0.469 e. The highest BCUT2D eigenvalue weighted by Crippen LogP contribution is 2.13. The lowest BCUT2D eigenvalue weighted by Crippen LogP contribution is -2.07. The molecule has 0 aliphatic heterocycles. The monoisotopic (exact) mass is 240 g/mol. The molecule has 4 nitrogen and oxygen atoms in total. The summed E-state index contributed by atoms with van der Waals surface area (Å²) in [4.78, 5) is 10.9. The maximum Gasteiger partial charge on any atom is 0.311 e. The van der Waals surface area contributed by atoms with Gasteiger partial charge in [0, 0.05) is 10.7 Å². The molecule has 0 unspecified atom stereocenters.